The van der Waals surface area contributed by atoms with Gasteiger partial charge in [0, 0.05) is 24.1 Å². The lowest BCUT2D eigenvalue weighted by molar-refractivity contribution is 0.548. The van der Waals surface area contributed by atoms with Crippen LogP contribution < -0.4 is 5.32 Å². The fourth-order valence-electron chi connectivity index (χ4n) is 2.13. The monoisotopic (exact) mass is 355 g/mol. The van der Waals surface area contributed by atoms with Crippen LogP contribution in [0.3, 0.4) is 0 Å². The van der Waals surface area contributed by atoms with E-state index in [2.05, 4.69) is 64.5 Å². The minimum atomic E-state index is 0.263. The summed E-state index contributed by atoms with van der Waals surface area (Å²) in [6.07, 6.45) is 0.856. The van der Waals surface area contributed by atoms with Gasteiger partial charge in [-0.05, 0) is 31.0 Å². The van der Waals surface area contributed by atoms with E-state index in [1.165, 1.54) is 5.56 Å². The molecule has 0 amide bonds. The van der Waals surface area contributed by atoms with Crippen LogP contribution in [0.5, 0.6) is 0 Å². The van der Waals surface area contributed by atoms with Gasteiger partial charge in [-0.2, -0.15) is 5.10 Å². The van der Waals surface area contributed by atoms with Gasteiger partial charge in [-0.1, -0.05) is 46.6 Å². The highest BCUT2D eigenvalue weighted by Gasteiger charge is 2.14. The summed E-state index contributed by atoms with van der Waals surface area (Å²) in [4.78, 5) is 0. The molecule has 2 rings (SSSR count). The van der Waals surface area contributed by atoms with Gasteiger partial charge in [0.05, 0.1) is 16.4 Å². The van der Waals surface area contributed by atoms with E-state index in [1.54, 1.807) is 0 Å². The molecule has 0 radical (unpaired) electrons. The molecule has 108 valence electrons. The van der Waals surface area contributed by atoms with Crippen LogP contribution in [0.15, 0.2) is 28.7 Å². The molecule has 0 aliphatic rings. The highest BCUT2D eigenvalue weighted by molar-refractivity contribution is 9.10. The number of nitrogens with zero attached hydrogens (tertiary/aromatic N) is 2. The molecule has 0 saturated carbocycles. The molecule has 1 N–H and O–H groups in total. The summed E-state index contributed by atoms with van der Waals surface area (Å²) in [5.41, 5.74) is 3.25. The predicted octanol–water partition coefficient (Wildman–Crippen LogP) is 4.25. The van der Waals surface area contributed by atoms with Crippen molar-refractivity contribution in [2.45, 2.75) is 32.9 Å². The number of hydrogen-bond donors (Lipinski definition) is 1. The van der Waals surface area contributed by atoms with Crippen molar-refractivity contribution in [2.75, 3.05) is 0 Å². The second-order valence-electron chi connectivity index (χ2n) is 4.84. The highest BCUT2D eigenvalue weighted by atomic mass is 79.9. The van der Waals surface area contributed by atoms with Crippen LogP contribution in [0.1, 0.15) is 36.8 Å². The van der Waals surface area contributed by atoms with E-state index in [4.69, 9.17) is 11.6 Å². The van der Waals surface area contributed by atoms with Crippen LogP contribution in [-0.4, -0.2) is 9.78 Å². The second-order valence-corrected chi connectivity index (χ2v) is 6.13. The predicted molar refractivity (Wildman–Crippen MR) is 87.0 cm³/mol. The van der Waals surface area contributed by atoms with E-state index in [9.17, 15) is 0 Å². The fraction of sp³-hybridized carbons (Fsp3) is 0.400. The summed E-state index contributed by atoms with van der Waals surface area (Å²) in [6.45, 7) is 4.92. The van der Waals surface area contributed by atoms with Gasteiger partial charge in [-0.3, -0.25) is 4.68 Å². The summed E-state index contributed by atoms with van der Waals surface area (Å²) >= 11 is 9.80. The first-order valence-corrected chi connectivity index (χ1v) is 7.89. The van der Waals surface area contributed by atoms with E-state index in [1.807, 2.05) is 11.7 Å². The van der Waals surface area contributed by atoms with E-state index < -0.39 is 0 Å². The van der Waals surface area contributed by atoms with Gasteiger partial charge in [-0.25, -0.2) is 0 Å². The lowest BCUT2D eigenvalue weighted by Gasteiger charge is -2.14. The molecule has 0 spiro atoms. The van der Waals surface area contributed by atoms with Gasteiger partial charge in [0.15, 0.2) is 0 Å². The van der Waals surface area contributed by atoms with Crippen LogP contribution in [0.25, 0.3) is 0 Å². The van der Waals surface area contributed by atoms with Crippen molar-refractivity contribution in [3.8, 4) is 0 Å². The highest BCUT2D eigenvalue weighted by Crippen LogP contribution is 2.22. The van der Waals surface area contributed by atoms with E-state index >= 15 is 0 Å². The largest absolute Gasteiger partial charge is 0.305 e. The lowest BCUT2D eigenvalue weighted by atomic mass is 10.1. The van der Waals surface area contributed by atoms with Crippen molar-refractivity contribution in [3.05, 3.63) is 50.7 Å². The molecule has 0 saturated heterocycles. The zero-order chi connectivity index (χ0) is 14.7. The number of nitrogens with one attached hydrogen (secondary N) is 1. The van der Waals surface area contributed by atoms with Crippen molar-refractivity contribution in [2.24, 2.45) is 7.05 Å². The third-order valence-electron chi connectivity index (χ3n) is 3.45. The third-order valence-corrected chi connectivity index (χ3v) is 4.41. The Morgan fingerprint density at radius 2 is 2.00 bits per heavy atom. The Morgan fingerprint density at radius 3 is 2.55 bits per heavy atom. The van der Waals surface area contributed by atoms with Gasteiger partial charge in [0.2, 0.25) is 0 Å². The number of hydrogen-bond acceptors (Lipinski definition) is 2. The van der Waals surface area contributed by atoms with Crippen LogP contribution in [0, 0.1) is 0 Å². The molecular weight excluding hydrogens is 338 g/mol. The van der Waals surface area contributed by atoms with E-state index in [0.717, 1.165) is 27.3 Å². The zero-order valence-electron chi connectivity index (χ0n) is 12.0. The topological polar surface area (TPSA) is 29.9 Å². The van der Waals surface area contributed by atoms with Crippen molar-refractivity contribution >= 4 is 27.5 Å². The molecule has 0 bridgehead atoms. The number of aromatic nitrogens is 2. The average Bonchev–Trinajstić information content (AvgIpc) is 2.71. The summed E-state index contributed by atoms with van der Waals surface area (Å²) in [6, 6.07) is 8.60. The molecule has 2 aromatic rings. The first-order chi connectivity index (χ1) is 9.52. The first-order valence-electron chi connectivity index (χ1n) is 6.72. The molecule has 0 aliphatic heterocycles. The quantitative estimate of drug-likeness (QED) is 0.868. The minimum absolute atomic E-state index is 0.263. The Bertz CT molecular complexity index is 578. The number of rotatable bonds is 5. The molecular formula is C15H19BrClN3. The molecule has 5 heteroatoms. The second kappa shape index (κ2) is 6.74. The molecule has 1 atom stereocenters. The minimum Gasteiger partial charge on any atom is -0.305 e. The summed E-state index contributed by atoms with van der Waals surface area (Å²) in [7, 11) is 1.94. The number of halogens is 2. The molecule has 1 aromatic heterocycles. The van der Waals surface area contributed by atoms with Gasteiger partial charge < -0.3 is 5.32 Å². The van der Waals surface area contributed by atoms with E-state index in [0.29, 0.717) is 6.54 Å². The Hall–Kier alpha value is -0.840. The number of benzene rings is 1. The summed E-state index contributed by atoms with van der Waals surface area (Å²) in [5, 5.41) is 8.71. The maximum absolute atomic E-state index is 6.35. The SMILES string of the molecule is CCc1nn(C)c(CN[C@H](C)c2ccc(Br)cc2)c1Cl. The standard InChI is InChI=1S/C15H19BrClN3/c1-4-13-15(17)14(20(3)19-13)9-18-10(2)11-5-7-12(16)8-6-11/h5-8,10,18H,4,9H2,1-3H3/t10-/m1/s1. The van der Waals surface area contributed by atoms with Crippen molar-refractivity contribution in [3.63, 3.8) is 0 Å². The molecule has 20 heavy (non-hydrogen) atoms. The lowest BCUT2D eigenvalue weighted by Crippen LogP contribution is -2.20. The van der Waals surface area contributed by atoms with Crippen LogP contribution in [-0.2, 0) is 20.0 Å². The average molecular weight is 357 g/mol. The Kier molecular flexibility index (Phi) is 5.24. The fourth-order valence-corrected chi connectivity index (χ4v) is 2.76. The van der Waals surface area contributed by atoms with Crippen LogP contribution >= 0.6 is 27.5 Å². The normalized spacial score (nSPS) is 12.7. The van der Waals surface area contributed by atoms with Crippen molar-refractivity contribution in [1.82, 2.24) is 15.1 Å². The van der Waals surface area contributed by atoms with Gasteiger partial charge in [-0.15, -0.1) is 0 Å². The molecule has 0 unspecified atom stereocenters. The molecule has 0 aliphatic carbocycles. The molecule has 0 fully saturated rings. The smallest absolute Gasteiger partial charge is 0.0863 e. The van der Waals surface area contributed by atoms with Crippen LogP contribution in [0.4, 0.5) is 0 Å². The Morgan fingerprint density at radius 1 is 1.35 bits per heavy atom. The Labute approximate surface area is 133 Å². The van der Waals surface area contributed by atoms with E-state index in [-0.39, 0.29) is 6.04 Å². The van der Waals surface area contributed by atoms with Gasteiger partial charge in [0.25, 0.3) is 0 Å². The van der Waals surface area contributed by atoms with Gasteiger partial charge >= 0.3 is 0 Å². The van der Waals surface area contributed by atoms with Crippen molar-refractivity contribution in [1.29, 1.82) is 0 Å². The Balaban J connectivity index is 2.05. The maximum Gasteiger partial charge on any atom is 0.0863 e. The summed E-state index contributed by atoms with van der Waals surface area (Å²) < 4.78 is 2.96. The maximum atomic E-state index is 6.35. The number of aryl methyl sites for hydroxylation is 2. The van der Waals surface area contributed by atoms with Crippen LogP contribution in [0.2, 0.25) is 5.02 Å². The summed E-state index contributed by atoms with van der Waals surface area (Å²) in [5.74, 6) is 0. The third kappa shape index (κ3) is 3.43. The molecule has 1 aromatic carbocycles. The van der Waals surface area contributed by atoms with Gasteiger partial charge in [0.1, 0.15) is 0 Å². The first kappa shape index (κ1) is 15.5. The molecule has 3 nitrogen and oxygen atoms in total. The van der Waals surface area contributed by atoms with Crippen molar-refractivity contribution < 1.29 is 0 Å². The molecule has 1 heterocycles. The zero-order valence-corrected chi connectivity index (χ0v) is 14.3.